The summed E-state index contributed by atoms with van der Waals surface area (Å²) in [6, 6.07) is 18.2. The Morgan fingerprint density at radius 3 is 2.19 bits per heavy atom. The van der Waals surface area contributed by atoms with Gasteiger partial charge in [0.25, 0.3) is 5.91 Å². The molecule has 4 aromatic rings. The summed E-state index contributed by atoms with van der Waals surface area (Å²) in [5.41, 5.74) is 5.10. The first-order chi connectivity index (χ1) is 17.6. The van der Waals surface area contributed by atoms with E-state index >= 15 is 0 Å². The number of alkyl halides is 3. The molecule has 4 rings (SSSR count). The highest BCUT2D eigenvalue weighted by molar-refractivity contribution is 7.98. The van der Waals surface area contributed by atoms with Gasteiger partial charge in [-0.1, -0.05) is 18.2 Å². The van der Waals surface area contributed by atoms with Gasteiger partial charge in [-0.25, -0.2) is 9.97 Å². The summed E-state index contributed by atoms with van der Waals surface area (Å²) < 4.78 is 41.3. The molecule has 1 aromatic heterocycles. The number of ether oxygens (including phenoxy) is 1. The van der Waals surface area contributed by atoms with Crippen LogP contribution in [0.2, 0.25) is 0 Å². The topological polar surface area (TPSA) is 76.1 Å². The van der Waals surface area contributed by atoms with Crippen molar-refractivity contribution in [2.75, 3.05) is 16.9 Å². The maximum absolute atomic E-state index is 12.7. The minimum atomic E-state index is -4.76. The predicted octanol–water partition coefficient (Wildman–Crippen LogP) is 7.38. The molecule has 3 aromatic carbocycles. The fourth-order valence-electron chi connectivity index (χ4n) is 3.63. The van der Waals surface area contributed by atoms with Gasteiger partial charge in [-0.15, -0.1) is 24.9 Å². The van der Waals surface area contributed by atoms with E-state index in [9.17, 15) is 18.0 Å². The number of nitrogens with zero attached hydrogens (tertiary/aromatic N) is 2. The molecule has 0 atom stereocenters. The molecule has 0 spiro atoms. The summed E-state index contributed by atoms with van der Waals surface area (Å²) in [7, 11) is 0. The van der Waals surface area contributed by atoms with Crippen molar-refractivity contribution < 1.29 is 22.7 Å². The molecule has 0 bridgehead atoms. The van der Waals surface area contributed by atoms with E-state index in [4.69, 9.17) is 0 Å². The molecule has 1 amide bonds. The van der Waals surface area contributed by atoms with Crippen LogP contribution in [0.25, 0.3) is 11.3 Å². The number of anilines is 3. The third-order valence-electron chi connectivity index (χ3n) is 5.46. The normalized spacial score (nSPS) is 11.2. The quantitative estimate of drug-likeness (QED) is 0.246. The maximum Gasteiger partial charge on any atom is 0.573 e. The Morgan fingerprint density at radius 2 is 1.59 bits per heavy atom. The molecule has 0 aliphatic rings. The Hall–Kier alpha value is -4.05. The lowest BCUT2D eigenvalue weighted by Gasteiger charge is -2.13. The lowest BCUT2D eigenvalue weighted by molar-refractivity contribution is -0.274. The van der Waals surface area contributed by atoms with Crippen LogP contribution in [0, 0.1) is 13.8 Å². The highest BCUT2D eigenvalue weighted by atomic mass is 32.2. The largest absolute Gasteiger partial charge is 0.573 e. The van der Waals surface area contributed by atoms with Gasteiger partial charge >= 0.3 is 6.36 Å². The fraction of sp³-hybridized carbons (Fsp3) is 0.148. The van der Waals surface area contributed by atoms with E-state index in [1.54, 1.807) is 30.5 Å². The van der Waals surface area contributed by atoms with Gasteiger partial charge in [-0.2, -0.15) is 0 Å². The SMILES string of the molecule is CSc1cnc(Nc2ccc(C(=O)Nc3c(C)cccc3C)cc2)nc1-c1ccc(OC(F)(F)F)cc1. The second kappa shape index (κ2) is 10.9. The molecule has 0 saturated heterocycles. The molecule has 1 heterocycles. The molecule has 0 unspecified atom stereocenters. The lowest BCUT2D eigenvalue weighted by atomic mass is 10.1. The Bertz CT molecular complexity index is 1390. The van der Waals surface area contributed by atoms with E-state index in [2.05, 4.69) is 25.3 Å². The number of amides is 1. The van der Waals surface area contributed by atoms with Gasteiger partial charge in [0, 0.05) is 28.7 Å². The average molecular weight is 525 g/mol. The molecule has 0 aliphatic carbocycles. The molecule has 0 fully saturated rings. The van der Waals surface area contributed by atoms with Crippen molar-refractivity contribution in [2.45, 2.75) is 25.1 Å². The molecular formula is C27H23F3N4O2S. The van der Waals surface area contributed by atoms with Gasteiger partial charge in [0.2, 0.25) is 5.95 Å². The number of hydrogen-bond donors (Lipinski definition) is 2. The highest BCUT2D eigenvalue weighted by Gasteiger charge is 2.31. The minimum absolute atomic E-state index is 0.218. The van der Waals surface area contributed by atoms with Crippen LogP contribution >= 0.6 is 11.8 Å². The summed E-state index contributed by atoms with van der Waals surface area (Å²) in [5.74, 6) is -0.225. The summed E-state index contributed by atoms with van der Waals surface area (Å²) in [6.07, 6.45) is -1.26. The van der Waals surface area contributed by atoms with Crippen LogP contribution in [0.4, 0.5) is 30.5 Å². The molecule has 6 nitrogen and oxygen atoms in total. The molecule has 10 heteroatoms. The average Bonchev–Trinajstić information content (AvgIpc) is 2.86. The van der Waals surface area contributed by atoms with Crippen LogP contribution in [-0.2, 0) is 0 Å². The first-order valence-corrected chi connectivity index (χ1v) is 12.4. The van der Waals surface area contributed by atoms with Gasteiger partial charge in [0.05, 0.1) is 10.6 Å². The van der Waals surface area contributed by atoms with Crippen LogP contribution < -0.4 is 15.4 Å². The van der Waals surface area contributed by atoms with E-state index in [1.807, 2.05) is 38.3 Å². The van der Waals surface area contributed by atoms with Crippen molar-refractivity contribution in [3.8, 4) is 17.0 Å². The Labute approximate surface area is 216 Å². The molecule has 37 heavy (non-hydrogen) atoms. The lowest BCUT2D eigenvalue weighted by Crippen LogP contribution is -2.16. The van der Waals surface area contributed by atoms with Crippen LogP contribution in [0.3, 0.4) is 0 Å². The molecule has 0 aliphatic heterocycles. The minimum Gasteiger partial charge on any atom is -0.406 e. The van der Waals surface area contributed by atoms with E-state index < -0.39 is 6.36 Å². The van der Waals surface area contributed by atoms with Crippen LogP contribution in [0.1, 0.15) is 21.5 Å². The summed E-state index contributed by atoms with van der Waals surface area (Å²) in [5, 5.41) is 6.07. The zero-order valence-electron chi connectivity index (χ0n) is 20.2. The van der Waals surface area contributed by atoms with Crippen molar-refractivity contribution in [2.24, 2.45) is 0 Å². The van der Waals surface area contributed by atoms with Crippen molar-refractivity contribution in [3.63, 3.8) is 0 Å². The van der Waals surface area contributed by atoms with Gasteiger partial charge in [0.15, 0.2) is 0 Å². The number of halogens is 3. The molecule has 0 radical (unpaired) electrons. The standard InChI is InChI=1S/C27H23F3N4O2S/c1-16-5-4-6-17(2)23(16)33-25(35)19-7-11-20(12-8-19)32-26-31-15-22(37-3)24(34-26)18-9-13-21(14-10-18)36-27(28,29)30/h4-15H,1-3H3,(H,33,35)(H,31,32,34). The third kappa shape index (κ3) is 6.59. The van der Waals surface area contributed by atoms with Gasteiger partial charge < -0.3 is 15.4 Å². The van der Waals surface area contributed by atoms with E-state index in [1.165, 1.54) is 36.0 Å². The number of carbonyl (C=O) groups is 1. The van der Waals surface area contributed by atoms with Crippen molar-refractivity contribution in [3.05, 3.63) is 89.6 Å². The predicted molar refractivity (Wildman–Crippen MR) is 140 cm³/mol. The number of rotatable bonds is 7. The van der Waals surface area contributed by atoms with Gasteiger partial charge in [-0.3, -0.25) is 4.79 Å². The van der Waals surface area contributed by atoms with Gasteiger partial charge in [0.1, 0.15) is 5.75 Å². The van der Waals surface area contributed by atoms with Crippen molar-refractivity contribution in [1.29, 1.82) is 0 Å². The molecule has 0 saturated carbocycles. The second-order valence-electron chi connectivity index (χ2n) is 8.11. The number of aromatic nitrogens is 2. The highest BCUT2D eigenvalue weighted by Crippen LogP contribution is 2.32. The number of hydrogen-bond acceptors (Lipinski definition) is 6. The first-order valence-electron chi connectivity index (χ1n) is 11.1. The fourth-order valence-corrected chi connectivity index (χ4v) is 4.15. The number of aryl methyl sites for hydroxylation is 2. The number of benzene rings is 3. The van der Waals surface area contributed by atoms with Crippen LogP contribution in [0.5, 0.6) is 5.75 Å². The second-order valence-corrected chi connectivity index (χ2v) is 8.95. The zero-order valence-corrected chi connectivity index (χ0v) is 21.0. The Kier molecular flexibility index (Phi) is 7.68. The zero-order chi connectivity index (χ0) is 26.6. The summed E-state index contributed by atoms with van der Waals surface area (Å²) in [6.45, 7) is 3.88. The number of thioether (sulfide) groups is 1. The maximum atomic E-state index is 12.7. The molecule has 2 N–H and O–H groups in total. The monoisotopic (exact) mass is 524 g/mol. The number of para-hydroxylation sites is 1. The Morgan fingerprint density at radius 1 is 0.946 bits per heavy atom. The number of nitrogens with one attached hydrogen (secondary N) is 2. The van der Waals surface area contributed by atoms with Crippen molar-refractivity contribution in [1.82, 2.24) is 9.97 Å². The third-order valence-corrected chi connectivity index (χ3v) is 6.20. The van der Waals surface area contributed by atoms with E-state index in [0.29, 0.717) is 28.5 Å². The molecule has 190 valence electrons. The van der Waals surface area contributed by atoms with E-state index in [-0.39, 0.29) is 11.7 Å². The summed E-state index contributed by atoms with van der Waals surface area (Å²) in [4.78, 5) is 22.4. The smallest absolute Gasteiger partial charge is 0.406 e. The van der Waals surface area contributed by atoms with Crippen LogP contribution in [0.15, 0.2) is 77.8 Å². The first kappa shape index (κ1) is 26.0. The molecular weight excluding hydrogens is 501 g/mol. The summed E-state index contributed by atoms with van der Waals surface area (Å²) >= 11 is 1.42. The van der Waals surface area contributed by atoms with Crippen molar-refractivity contribution >= 4 is 35.0 Å². The number of carbonyl (C=O) groups excluding carboxylic acids is 1. The Balaban J connectivity index is 1.50. The van der Waals surface area contributed by atoms with Crippen LogP contribution in [-0.4, -0.2) is 28.5 Å². The van der Waals surface area contributed by atoms with E-state index in [0.717, 1.165) is 21.7 Å². The van der Waals surface area contributed by atoms with Gasteiger partial charge in [-0.05, 0) is 79.8 Å².